The molecule has 1 rings (SSSR count). The van der Waals surface area contributed by atoms with E-state index in [-0.39, 0.29) is 0 Å². The van der Waals surface area contributed by atoms with Gasteiger partial charge in [0, 0.05) is 11.3 Å². The van der Waals surface area contributed by atoms with Crippen LogP contribution in [0.1, 0.15) is 18.1 Å². The Labute approximate surface area is 95.7 Å². The van der Waals surface area contributed by atoms with E-state index < -0.39 is 0 Å². The lowest BCUT2D eigenvalue weighted by Gasteiger charge is -2.05. The van der Waals surface area contributed by atoms with E-state index in [1.807, 2.05) is 6.92 Å². The molecular weight excluding hydrogens is 206 g/mol. The highest BCUT2D eigenvalue weighted by Gasteiger charge is 2.03. The molecule has 3 heteroatoms. The minimum atomic E-state index is 0.615. The summed E-state index contributed by atoms with van der Waals surface area (Å²) in [6.07, 6.45) is 2.07. The molecule has 0 saturated heterocycles. The van der Waals surface area contributed by atoms with E-state index in [4.69, 9.17) is 4.84 Å². The van der Waals surface area contributed by atoms with Gasteiger partial charge in [0.15, 0.2) is 0 Å². The van der Waals surface area contributed by atoms with Crippen LogP contribution in [0.15, 0.2) is 29.4 Å². The van der Waals surface area contributed by atoms with Crippen molar-refractivity contribution in [2.45, 2.75) is 13.8 Å². The molecule has 1 aromatic rings. The molecule has 0 spiro atoms. The van der Waals surface area contributed by atoms with Gasteiger partial charge in [0.2, 0.25) is 0 Å². The van der Waals surface area contributed by atoms with Crippen molar-refractivity contribution in [2.24, 2.45) is 5.16 Å². The third-order valence-electron chi connectivity index (χ3n) is 1.97. The summed E-state index contributed by atoms with van der Waals surface area (Å²) in [7, 11) is 0. The number of benzene rings is 1. The van der Waals surface area contributed by atoms with Crippen LogP contribution < -0.4 is 0 Å². The van der Waals surface area contributed by atoms with Crippen LogP contribution in [0.2, 0.25) is 0 Å². The van der Waals surface area contributed by atoms with Crippen LogP contribution >= 0.6 is 11.8 Å². The average molecular weight is 223 g/mol. The number of aryl methyl sites for hydroxylation is 1. The normalized spacial score (nSPS) is 11.5. The molecule has 0 aliphatic rings. The Morgan fingerprint density at radius 2 is 2.00 bits per heavy atom. The Morgan fingerprint density at radius 3 is 2.53 bits per heavy atom. The van der Waals surface area contributed by atoms with Crippen molar-refractivity contribution in [1.82, 2.24) is 0 Å². The van der Waals surface area contributed by atoms with Crippen molar-refractivity contribution >= 4 is 17.5 Å². The maximum atomic E-state index is 5.11. The fourth-order valence-electron chi connectivity index (χ4n) is 1.19. The van der Waals surface area contributed by atoms with Crippen LogP contribution in [0.25, 0.3) is 0 Å². The lowest BCUT2D eigenvalue weighted by molar-refractivity contribution is 0.159. The Morgan fingerprint density at radius 1 is 1.33 bits per heavy atom. The zero-order valence-electron chi connectivity index (χ0n) is 9.49. The van der Waals surface area contributed by atoms with Gasteiger partial charge in [-0.3, -0.25) is 0 Å². The summed E-state index contributed by atoms with van der Waals surface area (Å²) >= 11 is 1.75. The minimum Gasteiger partial charge on any atom is -0.396 e. The third-order valence-corrected chi connectivity index (χ3v) is 2.53. The number of rotatable bonds is 5. The highest BCUT2D eigenvalue weighted by molar-refractivity contribution is 7.99. The van der Waals surface area contributed by atoms with E-state index in [1.165, 1.54) is 5.56 Å². The first kappa shape index (κ1) is 12.1. The average Bonchev–Trinajstić information content (AvgIpc) is 2.25. The molecule has 82 valence electrons. The summed E-state index contributed by atoms with van der Waals surface area (Å²) < 4.78 is 0. The molecule has 1 aromatic carbocycles. The van der Waals surface area contributed by atoms with Crippen LogP contribution in [-0.2, 0) is 4.84 Å². The van der Waals surface area contributed by atoms with E-state index in [1.54, 1.807) is 11.8 Å². The van der Waals surface area contributed by atoms with Crippen LogP contribution in [0.5, 0.6) is 0 Å². The molecule has 0 amide bonds. The van der Waals surface area contributed by atoms with E-state index in [2.05, 4.69) is 42.6 Å². The molecule has 0 atom stereocenters. The van der Waals surface area contributed by atoms with Gasteiger partial charge in [-0.25, -0.2) is 0 Å². The molecule has 0 bridgehead atoms. The fraction of sp³-hybridized carbons (Fsp3) is 0.417. The van der Waals surface area contributed by atoms with Crippen molar-refractivity contribution in [3.05, 3.63) is 35.4 Å². The first-order valence-corrected chi connectivity index (χ1v) is 6.42. The van der Waals surface area contributed by atoms with Crippen molar-refractivity contribution in [1.29, 1.82) is 0 Å². The van der Waals surface area contributed by atoms with Gasteiger partial charge in [0.1, 0.15) is 6.61 Å². The van der Waals surface area contributed by atoms with E-state index in [0.29, 0.717) is 6.61 Å². The number of hydrogen-bond acceptors (Lipinski definition) is 3. The van der Waals surface area contributed by atoms with Gasteiger partial charge in [0.05, 0.1) is 5.71 Å². The molecule has 0 unspecified atom stereocenters. The van der Waals surface area contributed by atoms with Crippen LogP contribution in [-0.4, -0.2) is 24.3 Å². The maximum absolute atomic E-state index is 5.11. The molecule has 0 fully saturated rings. The largest absolute Gasteiger partial charge is 0.396 e. The quantitative estimate of drug-likeness (QED) is 0.565. The van der Waals surface area contributed by atoms with Crippen molar-refractivity contribution < 1.29 is 4.84 Å². The standard InChI is InChI=1S/C12H17NOS/c1-4-14-13-12(9-15-3)11-7-5-10(2)6-8-11/h5-8H,4,9H2,1-3H3/b13-12+. The highest BCUT2D eigenvalue weighted by atomic mass is 32.2. The summed E-state index contributed by atoms with van der Waals surface area (Å²) in [5.41, 5.74) is 3.41. The summed E-state index contributed by atoms with van der Waals surface area (Å²) in [6, 6.07) is 8.36. The van der Waals surface area contributed by atoms with Crippen LogP contribution in [0.4, 0.5) is 0 Å². The van der Waals surface area contributed by atoms with Gasteiger partial charge in [-0.1, -0.05) is 35.0 Å². The van der Waals surface area contributed by atoms with Crippen molar-refractivity contribution in [3.8, 4) is 0 Å². The topological polar surface area (TPSA) is 21.6 Å². The first-order valence-electron chi connectivity index (χ1n) is 5.02. The maximum Gasteiger partial charge on any atom is 0.114 e. The smallest absolute Gasteiger partial charge is 0.114 e. The van der Waals surface area contributed by atoms with E-state index in [9.17, 15) is 0 Å². The fourth-order valence-corrected chi connectivity index (χ4v) is 1.68. The molecule has 0 saturated carbocycles. The summed E-state index contributed by atoms with van der Waals surface area (Å²) in [6.45, 7) is 4.64. The molecule has 0 aromatic heterocycles. The second kappa shape index (κ2) is 6.51. The lowest BCUT2D eigenvalue weighted by Crippen LogP contribution is -2.05. The van der Waals surface area contributed by atoms with Gasteiger partial charge in [0.25, 0.3) is 0 Å². The Hall–Kier alpha value is -0.960. The van der Waals surface area contributed by atoms with Gasteiger partial charge < -0.3 is 4.84 Å². The first-order chi connectivity index (χ1) is 7.27. The predicted molar refractivity (Wildman–Crippen MR) is 67.7 cm³/mol. The zero-order chi connectivity index (χ0) is 11.1. The summed E-state index contributed by atoms with van der Waals surface area (Å²) in [5.74, 6) is 0.878. The van der Waals surface area contributed by atoms with E-state index in [0.717, 1.165) is 17.0 Å². The summed E-state index contributed by atoms with van der Waals surface area (Å²) in [4.78, 5) is 5.11. The summed E-state index contributed by atoms with van der Waals surface area (Å²) in [5, 5.41) is 4.13. The minimum absolute atomic E-state index is 0.615. The van der Waals surface area contributed by atoms with Gasteiger partial charge >= 0.3 is 0 Å². The SMILES string of the molecule is CCO/N=C(\CSC)c1ccc(C)cc1. The van der Waals surface area contributed by atoms with Gasteiger partial charge in [-0.05, 0) is 20.1 Å². The second-order valence-electron chi connectivity index (χ2n) is 3.25. The lowest BCUT2D eigenvalue weighted by atomic mass is 10.1. The number of hydrogen-bond donors (Lipinski definition) is 0. The zero-order valence-corrected chi connectivity index (χ0v) is 10.3. The van der Waals surface area contributed by atoms with Crippen molar-refractivity contribution in [3.63, 3.8) is 0 Å². The Bertz CT molecular complexity index is 319. The van der Waals surface area contributed by atoms with Gasteiger partial charge in [-0.2, -0.15) is 11.8 Å². The highest BCUT2D eigenvalue weighted by Crippen LogP contribution is 2.08. The second-order valence-corrected chi connectivity index (χ2v) is 4.12. The Balaban J connectivity index is 2.83. The van der Waals surface area contributed by atoms with Crippen molar-refractivity contribution in [2.75, 3.05) is 18.6 Å². The van der Waals surface area contributed by atoms with E-state index >= 15 is 0 Å². The molecule has 0 radical (unpaired) electrons. The van der Waals surface area contributed by atoms with Gasteiger partial charge in [-0.15, -0.1) is 0 Å². The molecule has 0 aliphatic heterocycles. The molecule has 0 N–H and O–H groups in total. The molecule has 15 heavy (non-hydrogen) atoms. The Kier molecular flexibility index (Phi) is 5.26. The number of thioether (sulfide) groups is 1. The van der Waals surface area contributed by atoms with Crippen LogP contribution in [0.3, 0.4) is 0 Å². The third kappa shape index (κ3) is 3.96. The molecule has 0 aliphatic carbocycles. The molecule has 2 nitrogen and oxygen atoms in total. The molecular formula is C12H17NOS. The number of oxime groups is 1. The van der Waals surface area contributed by atoms with Crippen LogP contribution in [0, 0.1) is 6.92 Å². The molecule has 0 heterocycles. The monoisotopic (exact) mass is 223 g/mol. The predicted octanol–water partition coefficient (Wildman–Crippen LogP) is 3.10. The number of nitrogens with zero attached hydrogens (tertiary/aromatic N) is 1.